The van der Waals surface area contributed by atoms with Crippen LogP contribution in [0, 0.1) is 6.92 Å². The Hall–Kier alpha value is -1.71. The number of hydrogen-bond acceptors (Lipinski definition) is 3. The van der Waals surface area contributed by atoms with Gasteiger partial charge in [0, 0.05) is 17.6 Å². The predicted octanol–water partition coefficient (Wildman–Crippen LogP) is 6.69. The topological polar surface area (TPSA) is 30.5 Å². The Morgan fingerprint density at radius 1 is 0.929 bits per heavy atom. The maximum absolute atomic E-state index is 6.48. The van der Waals surface area contributed by atoms with Gasteiger partial charge in [0.25, 0.3) is 0 Å². The van der Waals surface area contributed by atoms with E-state index in [1.54, 1.807) is 7.11 Å². The summed E-state index contributed by atoms with van der Waals surface area (Å²) in [7, 11) is 1.66. The summed E-state index contributed by atoms with van der Waals surface area (Å²) in [5.41, 5.74) is 3.39. The fraction of sp³-hybridized carbons (Fsp3) is 0.500. The average Bonchev–Trinajstić information content (AvgIpc) is 2.70. The molecule has 4 heteroatoms. The molecule has 0 spiro atoms. The van der Waals surface area contributed by atoms with E-state index in [0.717, 1.165) is 24.2 Å². The van der Waals surface area contributed by atoms with Crippen molar-refractivity contribution in [2.45, 2.75) is 65.5 Å². The third-order valence-electron chi connectivity index (χ3n) is 4.87. The van der Waals surface area contributed by atoms with Crippen molar-refractivity contribution in [1.82, 2.24) is 5.32 Å². The van der Waals surface area contributed by atoms with Crippen LogP contribution in [0.15, 0.2) is 36.4 Å². The van der Waals surface area contributed by atoms with Crippen molar-refractivity contribution in [1.29, 1.82) is 0 Å². The first-order chi connectivity index (χ1) is 13.6. The molecule has 0 aliphatic heterocycles. The van der Waals surface area contributed by atoms with Gasteiger partial charge in [-0.05, 0) is 37.1 Å². The zero-order chi connectivity index (χ0) is 20.2. The number of rotatable bonds is 13. The monoisotopic (exact) mass is 403 g/mol. The molecule has 0 bridgehead atoms. The molecule has 0 heterocycles. The van der Waals surface area contributed by atoms with Gasteiger partial charge in [-0.3, -0.25) is 0 Å². The lowest BCUT2D eigenvalue weighted by Gasteiger charge is -2.14. The van der Waals surface area contributed by atoms with Crippen molar-refractivity contribution in [3.8, 4) is 11.5 Å². The molecule has 0 aliphatic carbocycles. The van der Waals surface area contributed by atoms with Crippen LogP contribution in [0.2, 0.25) is 5.02 Å². The maximum Gasteiger partial charge on any atom is 0.163 e. The van der Waals surface area contributed by atoms with Crippen molar-refractivity contribution in [2.24, 2.45) is 0 Å². The highest BCUT2D eigenvalue weighted by molar-refractivity contribution is 6.31. The first-order valence-corrected chi connectivity index (χ1v) is 10.8. The van der Waals surface area contributed by atoms with E-state index in [2.05, 4.69) is 43.4 Å². The van der Waals surface area contributed by atoms with Gasteiger partial charge >= 0.3 is 0 Å². The number of methoxy groups -OCH3 is 1. The van der Waals surface area contributed by atoms with Crippen LogP contribution < -0.4 is 14.8 Å². The van der Waals surface area contributed by atoms with Gasteiger partial charge in [-0.2, -0.15) is 0 Å². The SMILES string of the molecule is CCCCCCCCNCc1cc(OC)c(OCc2ccc(C)cc2)cc1Cl. The normalized spacial score (nSPS) is 10.9. The van der Waals surface area contributed by atoms with Crippen LogP contribution in [0.1, 0.15) is 62.1 Å². The minimum absolute atomic E-state index is 0.489. The molecule has 0 unspecified atom stereocenters. The molecule has 2 aromatic rings. The first-order valence-electron chi connectivity index (χ1n) is 10.4. The van der Waals surface area contributed by atoms with Crippen molar-refractivity contribution in [2.75, 3.05) is 13.7 Å². The van der Waals surface area contributed by atoms with E-state index in [-0.39, 0.29) is 0 Å². The molecular weight excluding hydrogens is 370 g/mol. The van der Waals surface area contributed by atoms with Crippen molar-refractivity contribution in [3.05, 3.63) is 58.1 Å². The molecular formula is C24H34ClNO2. The smallest absolute Gasteiger partial charge is 0.163 e. The van der Waals surface area contributed by atoms with Gasteiger partial charge in [-0.15, -0.1) is 0 Å². The van der Waals surface area contributed by atoms with Gasteiger partial charge in [0.2, 0.25) is 0 Å². The van der Waals surface area contributed by atoms with E-state index < -0.39 is 0 Å². The van der Waals surface area contributed by atoms with Gasteiger partial charge in [0.1, 0.15) is 6.61 Å². The molecule has 28 heavy (non-hydrogen) atoms. The van der Waals surface area contributed by atoms with Crippen LogP contribution in [-0.2, 0) is 13.2 Å². The van der Waals surface area contributed by atoms with E-state index in [0.29, 0.717) is 23.1 Å². The largest absolute Gasteiger partial charge is 0.493 e. The lowest BCUT2D eigenvalue weighted by molar-refractivity contribution is 0.284. The summed E-state index contributed by atoms with van der Waals surface area (Å²) in [5, 5.41) is 4.19. The summed E-state index contributed by atoms with van der Waals surface area (Å²) in [6, 6.07) is 12.1. The minimum Gasteiger partial charge on any atom is -0.493 e. The number of ether oxygens (including phenoxy) is 2. The second kappa shape index (κ2) is 12.7. The van der Waals surface area contributed by atoms with E-state index in [4.69, 9.17) is 21.1 Å². The summed E-state index contributed by atoms with van der Waals surface area (Å²) < 4.78 is 11.5. The summed E-state index contributed by atoms with van der Waals surface area (Å²) in [6.45, 7) is 6.56. The highest BCUT2D eigenvalue weighted by Crippen LogP contribution is 2.34. The molecule has 0 saturated heterocycles. The van der Waals surface area contributed by atoms with Crippen molar-refractivity contribution >= 4 is 11.6 Å². The molecule has 0 radical (unpaired) electrons. The Morgan fingerprint density at radius 2 is 1.64 bits per heavy atom. The zero-order valence-corrected chi connectivity index (χ0v) is 18.3. The number of benzene rings is 2. The van der Waals surface area contributed by atoms with Crippen LogP contribution in [-0.4, -0.2) is 13.7 Å². The fourth-order valence-corrected chi connectivity index (χ4v) is 3.30. The number of aryl methyl sites for hydroxylation is 1. The lowest BCUT2D eigenvalue weighted by atomic mass is 10.1. The molecule has 0 saturated carbocycles. The molecule has 2 aromatic carbocycles. The predicted molar refractivity (Wildman–Crippen MR) is 119 cm³/mol. The molecule has 2 rings (SSSR count). The van der Waals surface area contributed by atoms with Gasteiger partial charge in [0.15, 0.2) is 11.5 Å². The highest BCUT2D eigenvalue weighted by Gasteiger charge is 2.11. The van der Waals surface area contributed by atoms with E-state index in [1.807, 2.05) is 12.1 Å². The maximum atomic E-state index is 6.48. The van der Waals surface area contributed by atoms with Crippen LogP contribution in [0.3, 0.4) is 0 Å². The quantitative estimate of drug-likeness (QED) is 0.378. The van der Waals surface area contributed by atoms with Gasteiger partial charge in [-0.25, -0.2) is 0 Å². The van der Waals surface area contributed by atoms with Crippen LogP contribution in [0.5, 0.6) is 11.5 Å². The summed E-state index contributed by atoms with van der Waals surface area (Å²) >= 11 is 6.48. The second-order valence-electron chi connectivity index (χ2n) is 7.31. The first kappa shape index (κ1) is 22.6. The molecule has 0 aromatic heterocycles. The van der Waals surface area contributed by atoms with Gasteiger partial charge < -0.3 is 14.8 Å². The highest BCUT2D eigenvalue weighted by atomic mass is 35.5. The van der Waals surface area contributed by atoms with Crippen molar-refractivity contribution in [3.63, 3.8) is 0 Å². The average molecular weight is 404 g/mol. The van der Waals surface area contributed by atoms with Crippen molar-refractivity contribution < 1.29 is 9.47 Å². The van der Waals surface area contributed by atoms with E-state index in [9.17, 15) is 0 Å². The second-order valence-corrected chi connectivity index (χ2v) is 7.72. The summed E-state index contributed by atoms with van der Waals surface area (Å²) in [4.78, 5) is 0. The Balaban J connectivity index is 1.83. The Kier molecular flexibility index (Phi) is 10.2. The summed E-state index contributed by atoms with van der Waals surface area (Å²) in [6.07, 6.45) is 7.82. The van der Waals surface area contributed by atoms with Gasteiger partial charge in [-0.1, -0.05) is 80.5 Å². The standard InChI is InChI=1S/C24H34ClNO2/c1-4-5-6-7-8-9-14-26-17-21-15-23(27-3)24(16-22(21)25)28-18-20-12-10-19(2)11-13-20/h10-13,15-16,26H,4-9,14,17-18H2,1-3H3. The Bertz CT molecular complexity index is 700. The fourth-order valence-electron chi connectivity index (χ4n) is 3.08. The Labute approximate surface area is 175 Å². The van der Waals surface area contributed by atoms with Crippen LogP contribution >= 0.6 is 11.6 Å². The molecule has 0 fully saturated rings. The van der Waals surface area contributed by atoms with E-state index >= 15 is 0 Å². The molecule has 0 amide bonds. The Morgan fingerprint density at radius 3 is 2.36 bits per heavy atom. The third-order valence-corrected chi connectivity index (χ3v) is 5.22. The van der Waals surface area contributed by atoms with Gasteiger partial charge in [0.05, 0.1) is 7.11 Å². The van der Waals surface area contributed by atoms with E-state index in [1.165, 1.54) is 44.1 Å². The van der Waals surface area contributed by atoms with Crippen LogP contribution in [0.25, 0.3) is 0 Å². The third kappa shape index (κ3) is 7.73. The zero-order valence-electron chi connectivity index (χ0n) is 17.5. The molecule has 3 nitrogen and oxygen atoms in total. The number of halogens is 1. The minimum atomic E-state index is 0.489. The molecule has 1 N–H and O–H groups in total. The molecule has 0 aliphatic rings. The molecule has 154 valence electrons. The molecule has 0 atom stereocenters. The number of nitrogens with one attached hydrogen (secondary N) is 1. The van der Waals surface area contributed by atoms with Crippen LogP contribution in [0.4, 0.5) is 0 Å². The lowest BCUT2D eigenvalue weighted by Crippen LogP contribution is -2.15. The summed E-state index contributed by atoms with van der Waals surface area (Å²) in [5.74, 6) is 1.39. The number of hydrogen-bond donors (Lipinski definition) is 1. The number of unbranched alkanes of at least 4 members (excludes halogenated alkanes) is 5.